The quantitative estimate of drug-likeness (QED) is 0.661. The van der Waals surface area contributed by atoms with Gasteiger partial charge in [-0.1, -0.05) is 12.1 Å². The number of hydrogen-bond donors (Lipinski definition) is 1. The van der Waals surface area contributed by atoms with Crippen LogP contribution in [0, 0.1) is 10.1 Å². The van der Waals surface area contributed by atoms with Crippen LogP contribution in [0.1, 0.15) is 6.42 Å². The molecule has 1 aromatic rings. The summed E-state index contributed by atoms with van der Waals surface area (Å²) in [4.78, 5) is 15.5. The van der Waals surface area contributed by atoms with E-state index in [2.05, 4.69) is 15.1 Å². The second-order valence-corrected chi connectivity index (χ2v) is 5.42. The number of nitrogens with zero attached hydrogens (tertiary/aromatic N) is 3. The summed E-state index contributed by atoms with van der Waals surface area (Å²) in [7, 11) is 0. The molecule has 20 heavy (non-hydrogen) atoms. The summed E-state index contributed by atoms with van der Waals surface area (Å²) in [5.74, 6) is 0. The average Bonchev–Trinajstić information content (AvgIpc) is 3.02. The molecule has 2 saturated heterocycles. The minimum absolute atomic E-state index is 0.212. The van der Waals surface area contributed by atoms with Gasteiger partial charge in [0.15, 0.2) is 0 Å². The van der Waals surface area contributed by atoms with Crippen LogP contribution in [0.3, 0.4) is 0 Å². The predicted molar refractivity (Wildman–Crippen MR) is 78.2 cm³/mol. The zero-order chi connectivity index (χ0) is 13.9. The lowest BCUT2D eigenvalue weighted by Gasteiger charge is -2.38. The van der Waals surface area contributed by atoms with Gasteiger partial charge < -0.3 is 10.2 Å². The van der Waals surface area contributed by atoms with Crippen LogP contribution in [0.2, 0.25) is 0 Å². The zero-order valence-electron chi connectivity index (χ0n) is 11.5. The van der Waals surface area contributed by atoms with E-state index in [0.717, 1.165) is 45.0 Å². The van der Waals surface area contributed by atoms with Crippen molar-refractivity contribution in [2.45, 2.75) is 12.5 Å². The molecule has 0 aromatic heterocycles. The molecule has 1 aromatic carbocycles. The van der Waals surface area contributed by atoms with E-state index in [1.165, 1.54) is 6.42 Å². The lowest BCUT2D eigenvalue weighted by Crippen LogP contribution is -2.51. The molecular formula is C14H20N4O2. The van der Waals surface area contributed by atoms with Gasteiger partial charge in [0.05, 0.1) is 4.92 Å². The molecule has 0 radical (unpaired) electrons. The maximum Gasteiger partial charge on any atom is 0.292 e. The Hall–Kier alpha value is -1.66. The van der Waals surface area contributed by atoms with E-state index >= 15 is 0 Å². The Morgan fingerprint density at radius 1 is 1.20 bits per heavy atom. The minimum Gasteiger partial charge on any atom is -0.363 e. The van der Waals surface area contributed by atoms with Crippen molar-refractivity contribution in [1.82, 2.24) is 10.2 Å². The van der Waals surface area contributed by atoms with E-state index in [-0.39, 0.29) is 10.6 Å². The van der Waals surface area contributed by atoms with Gasteiger partial charge in [-0.25, -0.2) is 0 Å². The summed E-state index contributed by atoms with van der Waals surface area (Å²) >= 11 is 0. The molecule has 0 saturated carbocycles. The van der Waals surface area contributed by atoms with Gasteiger partial charge in [0.1, 0.15) is 5.69 Å². The molecule has 0 bridgehead atoms. The predicted octanol–water partition coefficient (Wildman–Crippen LogP) is 1.08. The summed E-state index contributed by atoms with van der Waals surface area (Å²) in [5.41, 5.74) is 0.963. The number of para-hydroxylation sites is 2. The van der Waals surface area contributed by atoms with E-state index < -0.39 is 0 Å². The van der Waals surface area contributed by atoms with Gasteiger partial charge >= 0.3 is 0 Å². The number of benzene rings is 1. The largest absolute Gasteiger partial charge is 0.363 e. The molecule has 108 valence electrons. The van der Waals surface area contributed by atoms with Crippen molar-refractivity contribution < 1.29 is 4.92 Å². The van der Waals surface area contributed by atoms with Crippen LogP contribution in [-0.4, -0.2) is 55.1 Å². The standard InChI is InChI=1S/C14H20N4O2/c19-18(20)14-4-2-1-3-13(14)17-9-7-16(8-10-17)12-5-6-15-11-12/h1-4,12,15H,5-11H2. The first-order valence-electron chi connectivity index (χ1n) is 7.19. The van der Waals surface area contributed by atoms with Gasteiger partial charge in [-0.3, -0.25) is 15.0 Å². The highest BCUT2D eigenvalue weighted by molar-refractivity contribution is 5.63. The molecule has 1 unspecified atom stereocenters. The Labute approximate surface area is 118 Å². The molecular weight excluding hydrogens is 256 g/mol. The van der Waals surface area contributed by atoms with E-state index in [9.17, 15) is 10.1 Å². The molecule has 2 fully saturated rings. The molecule has 0 aliphatic carbocycles. The monoisotopic (exact) mass is 276 g/mol. The Bertz CT molecular complexity index is 480. The first-order chi connectivity index (χ1) is 9.75. The molecule has 0 spiro atoms. The van der Waals surface area contributed by atoms with E-state index in [4.69, 9.17) is 0 Å². The fraction of sp³-hybridized carbons (Fsp3) is 0.571. The molecule has 1 atom stereocenters. The zero-order valence-corrected chi connectivity index (χ0v) is 11.5. The SMILES string of the molecule is O=[N+]([O-])c1ccccc1N1CCN(C2CCNC2)CC1. The minimum atomic E-state index is -0.289. The number of nitro benzene ring substituents is 1. The first kappa shape index (κ1) is 13.3. The first-order valence-corrected chi connectivity index (χ1v) is 7.19. The van der Waals surface area contributed by atoms with Crippen molar-refractivity contribution in [3.63, 3.8) is 0 Å². The number of nitrogens with one attached hydrogen (secondary N) is 1. The third-order valence-electron chi connectivity index (χ3n) is 4.28. The number of piperazine rings is 1. The molecule has 3 rings (SSSR count). The molecule has 0 amide bonds. The van der Waals surface area contributed by atoms with Crippen LogP contribution in [0.25, 0.3) is 0 Å². The van der Waals surface area contributed by atoms with Crippen LogP contribution < -0.4 is 10.2 Å². The highest BCUT2D eigenvalue weighted by Crippen LogP contribution is 2.28. The Balaban J connectivity index is 1.67. The normalized spacial score (nSPS) is 24.0. The number of anilines is 1. The van der Waals surface area contributed by atoms with Crippen molar-refractivity contribution >= 4 is 11.4 Å². The number of hydrogen-bond acceptors (Lipinski definition) is 5. The van der Waals surface area contributed by atoms with Gasteiger partial charge in [0.2, 0.25) is 0 Å². The van der Waals surface area contributed by atoms with E-state index in [1.807, 2.05) is 12.1 Å². The van der Waals surface area contributed by atoms with Crippen molar-refractivity contribution in [2.75, 3.05) is 44.2 Å². The lowest BCUT2D eigenvalue weighted by atomic mass is 10.1. The summed E-state index contributed by atoms with van der Waals surface area (Å²) in [6.07, 6.45) is 1.21. The topological polar surface area (TPSA) is 61.7 Å². The van der Waals surface area contributed by atoms with E-state index in [1.54, 1.807) is 12.1 Å². The molecule has 2 aliphatic heterocycles. The Morgan fingerprint density at radius 3 is 2.60 bits per heavy atom. The van der Waals surface area contributed by atoms with Crippen LogP contribution in [0.4, 0.5) is 11.4 Å². The van der Waals surface area contributed by atoms with Crippen molar-refractivity contribution in [3.8, 4) is 0 Å². The van der Waals surface area contributed by atoms with Gasteiger partial charge in [-0.2, -0.15) is 0 Å². The van der Waals surface area contributed by atoms with Gasteiger partial charge in [-0.05, 0) is 19.0 Å². The fourth-order valence-electron chi connectivity index (χ4n) is 3.17. The summed E-state index contributed by atoms with van der Waals surface area (Å²) in [6.45, 7) is 5.88. The Morgan fingerprint density at radius 2 is 1.95 bits per heavy atom. The fourth-order valence-corrected chi connectivity index (χ4v) is 3.17. The smallest absolute Gasteiger partial charge is 0.292 e. The van der Waals surface area contributed by atoms with Crippen LogP contribution in [0.5, 0.6) is 0 Å². The maximum atomic E-state index is 11.1. The van der Waals surface area contributed by atoms with Gasteiger partial charge in [0.25, 0.3) is 5.69 Å². The lowest BCUT2D eigenvalue weighted by molar-refractivity contribution is -0.384. The third kappa shape index (κ3) is 2.62. The summed E-state index contributed by atoms with van der Waals surface area (Å²) in [5, 5.41) is 14.5. The summed E-state index contributed by atoms with van der Waals surface area (Å²) in [6, 6.07) is 7.67. The highest BCUT2D eigenvalue weighted by atomic mass is 16.6. The molecule has 2 aliphatic rings. The second kappa shape index (κ2) is 5.76. The highest BCUT2D eigenvalue weighted by Gasteiger charge is 2.28. The van der Waals surface area contributed by atoms with Crippen LogP contribution in [0.15, 0.2) is 24.3 Å². The molecule has 2 heterocycles. The van der Waals surface area contributed by atoms with Crippen molar-refractivity contribution in [3.05, 3.63) is 34.4 Å². The third-order valence-corrected chi connectivity index (χ3v) is 4.28. The van der Waals surface area contributed by atoms with Crippen molar-refractivity contribution in [1.29, 1.82) is 0 Å². The van der Waals surface area contributed by atoms with E-state index in [0.29, 0.717) is 6.04 Å². The summed E-state index contributed by atoms with van der Waals surface area (Å²) < 4.78 is 0. The molecule has 1 N–H and O–H groups in total. The molecule has 6 nitrogen and oxygen atoms in total. The van der Waals surface area contributed by atoms with Crippen LogP contribution in [-0.2, 0) is 0 Å². The average molecular weight is 276 g/mol. The van der Waals surface area contributed by atoms with Gasteiger partial charge in [-0.15, -0.1) is 0 Å². The van der Waals surface area contributed by atoms with Gasteiger partial charge in [0, 0.05) is 44.8 Å². The maximum absolute atomic E-state index is 11.1. The van der Waals surface area contributed by atoms with Crippen molar-refractivity contribution in [2.24, 2.45) is 0 Å². The second-order valence-electron chi connectivity index (χ2n) is 5.42. The number of rotatable bonds is 3. The van der Waals surface area contributed by atoms with Crippen LogP contribution >= 0.6 is 0 Å². The molecule has 6 heteroatoms. The number of nitro groups is 1. The Kier molecular flexibility index (Phi) is 3.84.